The van der Waals surface area contributed by atoms with Crippen LogP contribution in [0.1, 0.15) is 26.7 Å². The van der Waals surface area contributed by atoms with Crippen LogP contribution >= 0.6 is 0 Å². The Morgan fingerprint density at radius 2 is 2.21 bits per heavy atom. The van der Waals surface area contributed by atoms with Gasteiger partial charge in [-0.15, -0.1) is 0 Å². The maximum atomic E-state index is 6.07. The Labute approximate surface area is 86.2 Å². The second-order valence-electron chi connectivity index (χ2n) is 5.02. The Kier molecular flexibility index (Phi) is 3.10. The summed E-state index contributed by atoms with van der Waals surface area (Å²) in [6.45, 7) is 8.04. The first-order valence-electron chi connectivity index (χ1n) is 5.64. The molecule has 2 atom stereocenters. The van der Waals surface area contributed by atoms with Crippen molar-refractivity contribution in [3.8, 4) is 0 Å². The molecule has 0 amide bonds. The van der Waals surface area contributed by atoms with Gasteiger partial charge in [-0.2, -0.15) is 0 Å². The van der Waals surface area contributed by atoms with Gasteiger partial charge in [0.15, 0.2) is 0 Å². The van der Waals surface area contributed by atoms with E-state index in [9.17, 15) is 0 Å². The number of rotatable bonds is 1. The molecule has 2 heterocycles. The zero-order chi connectivity index (χ0) is 10.0. The van der Waals surface area contributed by atoms with Gasteiger partial charge in [0, 0.05) is 25.6 Å². The Morgan fingerprint density at radius 3 is 2.86 bits per heavy atom. The Bertz CT molecular complexity index is 188. The van der Waals surface area contributed by atoms with Crippen molar-refractivity contribution in [1.82, 2.24) is 5.32 Å². The van der Waals surface area contributed by atoms with E-state index in [-0.39, 0.29) is 5.60 Å². The van der Waals surface area contributed by atoms with Crippen molar-refractivity contribution in [3.05, 3.63) is 0 Å². The molecule has 14 heavy (non-hydrogen) atoms. The van der Waals surface area contributed by atoms with Crippen molar-refractivity contribution < 1.29 is 9.47 Å². The van der Waals surface area contributed by atoms with Gasteiger partial charge in [0.2, 0.25) is 0 Å². The molecule has 0 radical (unpaired) electrons. The molecule has 0 aliphatic carbocycles. The van der Waals surface area contributed by atoms with Crippen LogP contribution < -0.4 is 5.32 Å². The van der Waals surface area contributed by atoms with Crippen molar-refractivity contribution in [3.63, 3.8) is 0 Å². The van der Waals surface area contributed by atoms with Crippen LogP contribution in [0.4, 0.5) is 0 Å². The Morgan fingerprint density at radius 1 is 1.36 bits per heavy atom. The van der Waals surface area contributed by atoms with E-state index in [1.165, 1.54) is 12.8 Å². The van der Waals surface area contributed by atoms with Gasteiger partial charge in [-0.1, -0.05) is 0 Å². The SMILES string of the molecule is CC1(C)CNCC(C2CCCOC2)O1. The summed E-state index contributed by atoms with van der Waals surface area (Å²) in [5, 5.41) is 3.44. The van der Waals surface area contributed by atoms with Gasteiger partial charge >= 0.3 is 0 Å². The number of hydrogen-bond donors (Lipinski definition) is 1. The van der Waals surface area contributed by atoms with Crippen LogP contribution in [0.2, 0.25) is 0 Å². The summed E-state index contributed by atoms with van der Waals surface area (Å²) >= 11 is 0. The van der Waals surface area contributed by atoms with Crippen LogP contribution in [0.3, 0.4) is 0 Å². The van der Waals surface area contributed by atoms with E-state index in [1.54, 1.807) is 0 Å². The van der Waals surface area contributed by atoms with Crippen LogP contribution in [0, 0.1) is 5.92 Å². The molecule has 0 bridgehead atoms. The minimum absolute atomic E-state index is 0.0135. The second kappa shape index (κ2) is 4.17. The highest BCUT2D eigenvalue weighted by atomic mass is 16.5. The molecule has 2 fully saturated rings. The molecule has 2 saturated heterocycles. The first kappa shape index (κ1) is 10.4. The van der Waals surface area contributed by atoms with E-state index in [4.69, 9.17) is 9.47 Å². The molecule has 2 unspecified atom stereocenters. The van der Waals surface area contributed by atoms with Crippen molar-refractivity contribution in [2.45, 2.75) is 38.4 Å². The first-order valence-corrected chi connectivity index (χ1v) is 5.64. The summed E-state index contributed by atoms with van der Waals surface area (Å²) in [6, 6.07) is 0. The van der Waals surface area contributed by atoms with E-state index < -0.39 is 0 Å². The lowest BCUT2D eigenvalue weighted by atomic mass is 9.93. The van der Waals surface area contributed by atoms with Gasteiger partial charge in [-0.25, -0.2) is 0 Å². The summed E-state index contributed by atoms with van der Waals surface area (Å²) < 4.78 is 11.6. The van der Waals surface area contributed by atoms with Crippen molar-refractivity contribution in [1.29, 1.82) is 0 Å². The predicted octanol–water partition coefficient (Wildman–Crippen LogP) is 1.18. The summed E-state index contributed by atoms with van der Waals surface area (Å²) in [5.74, 6) is 0.593. The molecule has 1 N–H and O–H groups in total. The molecule has 2 rings (SSSR count). The molecule has 0 aromatic heterocycles. The third-order valence-corrected chi connectivity index (χ3v) is 3.09. The number of nitrogens with one attached hydrogen (secondary N) is 1. The monoisotopic (exact) mass is 199 g/mol. The van der Waals surface area contributed by atoms with Crippen LogP contribution in [-0.4, -0.2) is 38.0 Å². The molecule has 3 nitrogen and oxygen atoms in total. The van der Waals surface area contributed by atoms with Crippen molar-refractivity contribution in [2.75, 3.05) is 26.3 Å². The lowest BCUT2D eigenvalue weighted by Gasteiger charge is -2.41. The molecule has 2 aliphatic rings. The van der Waals surface area contributed by atoms with E-state index in [1.807, 2.05) is 0 Å². The average molecular weight is 199 g/mol. The highest BCUT2D eigenvalue weighted by molar-refractivity contribution is 4.85. The van der Waals surface area contributed by atoms with Gasteiger partial charge < -0.3 is 14.8 Å². The van der Waals surface area contributed by atoms with Crippen molar-refractivity contribution in [2.24, 2.45) is 5.92 Å². The average Bonchev–Trinajstić information content (AvgIpc) is 2.18. The lowest BCUT2D eigenvalue weighted by molar-refractivity contribution is -0.135. The Hall–Kier alpha value is -0.120. The molecule has 82 valence electrons. The smallest absolute Gasteiger partial charge is 0.0757 e. The lowest BCUT2D eigenvalue weighted by Crippen LogP contribution is -2.53. The van der Waals surface area contributed by atoms with E-state index >= 15 is 0 Å². The molecule has 2 aliphatic heterocycles. The first-order chi connectivity index (χ1) is 6.67. The number of hydrogen-bond acceptors (Lipinski definition) is 3. The van der Waals surface area contributed by atoms with Crippen LogP contribution in [0.25, 0.3) is 0 Å². The molecular weight excluding hydrogens is 178 g/mol. The van der Waals surface area contributed by atoms with E-state index in [2.05, 4.69) is 19.2 Å². The maximum absolute atomic E-state index is 6.07. The predicted molar refractivity (Wildman–Crippen MR) is 55.4 cm³/mol. The standard InChI is InChI=1S/C11H21NO2/c1-11(2)8-12-6-10(14-11)9-4-3-5-13-7-9/h9-10,12H,3-8H2,1-2H3. The fraction of sp³-hybridized carbons (Fsp3) is 1.00. The summed E-state index contributed by atoms with van der Waals surface area (Å²) in [7, 11) is 0. The molecule has 0 aromatic rings. The summed E-state index contributed by atoms with van der Waals surface area (Å²) in [5.41, 5.74) is -0.0135. The number of morpholine rings is 1. The summed E-state index contributed by atoms with van der Waals surface area (Å²) in [6.07, 6.45) is 2.78. The fourth-order valence-corrected chi connectivity index (χ4v) is 2.33. The third-order valence-electron chi connectivity index (χ3n) is 3.09. The van der Waals surface area contributed by atoms with Crippen LogP contribution in [-0.2, 0) is 9.47 Å². The third kappa shape index (κ3) is 2.47. The highest BCUT2D eigenvalue weighted by Gasteiger charge is 2.33. The summed E-state index contributed by atoms with van der Waals surface area (Å²) in [4.78, 5) is 0. The van der Waals surface area contributed by atoms with Gasteiger partial charge in [-0.3, -0.25) is 0 Å². The van der Waals surface area contributed by atoms with Crippen LogP contribution in [0.5, 0.6) is 0 Å². The quantitative estimate of drug-likeness (QED) is 0.688. The second-order valence-corrected chi connectivity index (χ2v) is 5.02. The molecule has 0 aromatic carbocycles. The minimum atomic E-state index is -0.0135. The number of ether oxygens (including phenoxy) is 2. The normalized spacial score (nSPS) is 38.1. The molecular formula is C11H21NO2. The van der Waals surface area contributed by atoms with Gasteiger partial charge in [0.25, 0.3) is 0 Å². The highest BCUT2D eigenvalue weighted by Crippen LogP contribution is 2.25. The molecule has 0 saturated carbocycles. The van der Waals surface area contributed by atoms with Crippen LogP contribution in [0.15, 0.2) is 0 Å². The van der Waals surface area contributed by atoms with Crippen molar-refractivity contribution >= 4 is 0 Å². The topological polar surface area (TPSA) is 30.5 Å². The minimum Gasteiger partial charge on any atom is -0.381 e. The largest absolute Gasteiger partial charge is 0.381 e. The maximum Gasteiger partial charge on any atom is 0.0757 e. The molecule has 0 spiro atoms. The van der Waals surface area contributed by atoms with Gasteiger partial charge in [0.05, 0.1) is 18.3 Å². The molecule has 3 heteroatoms. The zero-order valence-corrected chi connectivity index (χ0v) is 9.21. The van der Waals surface area contributed by atoms with Gasteiger partial charge in [0.1, 0.15) is 0 Å². The Balaban J connectivity index is 1.89. The zero-order valence-electron chi connectivity index (χ0n) is 9.21. The fourth-order valence-electron chi connectivity index (χ4n) is 2.33. The van der Waals surface area contributed by atoms with E-state index in [0.717, 1.165) is 26.3 Å². The van der Waals surface area contributed by atoms with Gasteiger partial charge in [-0.05, 0) is 26.7 Å². The van der Waals surface area contributed by atoms with E-state index in [0.29, 0.717) is 12.0 Å².